The highest BCUT2D eigenvalue weighted by Gasteiger charge is 2.20. The number of aromatic amines is 1. The number of nitrogens with zero attached hydrogens (tertiary/aromatic N) is 3. The van der Waals surface area contributed by atoms with Gasteiger partial charge in [-0.2, -0.15) is 10.4 Å². The van der Waals surface area contributed by atoms with Crippen molar-refractivity contribution in [3.63, 3.8) is 0 Å². The van der Waals surface area contributed by atoms with Crippen LogP contribution in [0.15, 0.2) is 36.5 Å². The molecule has 0 spiro atoms. The van der Waals surface area contributed by atoms with Gasteiger partial charge in [0.25, 0.3) is 0 Å². The van der Waals surface area contributed by atoms with Crippen LogP contribution < -0.4 is 5.73 Å². The number of pyridine rings is 1. The van der Waals surface area contributed by atoms with E-state index in [9.17, 15) is 14.4 Å². The predicted octanol–water partition coefficient (Wildman–Crippen LogP) is 3.31. The lowest BCUT2D eigenvalue weighted by molar-refractivity contribution is -0.137. The van der Waals surface area contributed by atoms with Crippen LogP contribution >= 0.6 is 0 Å². The Kier molecular flexibility index (Phi) is 4.86. The zero-order valence-electron chi connectivity index (χ0n) is 14.4. The minimum absolute atomic E-state index is 0.0218. The number of nitrogens with two attached hydrogens (primary N) is 1. The van der Waals surface area contributed by atoms with Crippen molar-refractivity contribution in [3.05, 3.63) is 53.6 Å². The topological polar surface area (TPSA) is 129 Å². The highest BCUT2D eigenvalue weighted by Crippen LogP contribution is 2.35. The molecule has 0 radical (unpaired) electrons. The lowest BCUT2D eigenvalue weighted by atomic mass is 9.94. The number of benzene rings is 1. The zero-order chi connectivity index (χ0) is 19.6. The number of nitrogen functional groups attached to an aromatic ring is 1. The molecule has 1 aromatic carbocycles. The molecule has 0 aliphatic rings. The molecule has 0 saturated heterocycles. The third-order valence-corrected chi connectivity index (χ3v) is 4.23. The van der Waals surface area contributed by atoms with Gasteiger partial charge in [-0.1, -0.05) is 6.92 Å². The maximum Gasteiger partial charge on any atom is 0.304 e. The molecule has 0 aliphatic carbocycles. The number of nitriles is 1. The molecule has 3 rings (SSSR count). The molecule has 8 heteroatoms. The second kappa shape index (κ2) is 7.25. The average Bonchev–Trinajstić information content (AvgIpc) is 3.10. The second-order valence-corrected chi connectivity index (χ2v) is 6.13. The molecular weight excluding hydrogens is 349 g/mol. The number of H-pyrrole nitrogens is 1. The molecule has 7 nitrogen and oxygen atoms in total. The van der Waals surface area contributed by atoms with Crippen LogP contribution in [0.1, 0.15) is 30.5 Å². The van der Waals surface area contributed by atoms with Gasteiger partial charge >= 0.3 is 5.97 Å². The van der Waals surface area contributed by atoms with E-state index in [4.69, 9.17) is 10.8 Å². The van der Waals surface area contributed by atoms with E-state index in [1.165, 1.54) is 12.1 Å². The Morgan fingerprint density at radius 3 is 2.70 bits per heavy atom. The first-order valence-corrected chi connectivity index (χ1v) is 8.12. The Hall–Kier alpha value is -3.73. The van der Waals surface area contributed by atoms with Gasteiger partial charge < -0.3 is 10.8 Å². The molecule has 27 heavy (non-hydrogen) atoms. The number of hydrogen-bond acceptors (Lipinski definition) is 5. The summed E-state index contributed by atoms with van der Waals surface area (Å²) in [4.78, 5) is 15.2. The minimum Gasteiger partial charge on any atom is -0.481 e. The van der Waals surface area contributed by atoms with Crippen molar-refractivity contribution in [2.75, 3.05) is 5.73 Å². The fourth-order valence-corrected chi connectivity index (χ4v) is 2.86. The van der Waals surface area contributed by atoms with Crippen LogP contribution in [0.5, 0.6) is 0 Å². The monoisotopic (exact) mass is 365 g/mol. The molecule has 136 valence electrons. The van der Waals surface area contributed by atoms with Gasteiger partial charge in [-0.05, 0) is 30.3 Å². The Balaban J connectivity index is 2.16. The van der Waals surface area contributed by atoms with Gasteiger partial charge in [0.05, 0.1) is 18.3 Å². The van der Waals surface area contributed by atoms with Gasteiger partial charge in [0.1, 0.15) is 23.3 Å². The Labute approximate surface area is 154 Å². The quantitative estimate of drug-likeness (QED) is 0.636. The fraction of sp³-hybridized carbons (Fsp3) is 0.158. The Morgan fingerprint density at radius 2 is 2.07 bits per heavy atom. The number of carboxylic acids is 1. The van der Waals surface area contributed by atoms with Crippen molar-refractivity contribution in [2.24, 2.45) is 0 Å². The second-order valence-electron chi connectivity index (χ2n) is 6.13. The molecule has 0 fully saturated rings. The molecule has 0 saturated carbocycles. The summed E-state index contributed by atoms with van der Waals surface area (Å²) >= 11 is 0. The first-order valence-electron chi connectivity index (χ1n) is 8.12. The third kappa shape index (κ3) is 3.62. The van der Waals surface area contributed by atoms with Gasteiger partial charge in [-0.25, -0.2) is 9.37 Å². The summed E-state index contributed by atoms with van der Waals surface area (Å²) in [5.41, 5.74) is 8.95. The predicted molar refractivity (Wildman–Crippen MR) is 97.0 cm³/mol. The molecule has 0 bridgehead atoms. The van der Waals surface area contributed by atoms with Gasteiger partial charge in [-0.3, -0.25) is 9.89 Å². The Bertz CT molecular complexity index is 1040. The first-order chi connectivity index (χ1) is 12.9. The van der Waals surface area contributed by atoms with Gasteiger partial charge in [0.15, 0.2) is 0 Å². The number of anilines is 1. The van der Waals surface area contributed by atoms with Gasteiger partial charge in [0, 0.05) is 28.3 Å². The molecule has 1 unspecified atom stereocenters. The standard InChI is InChI=1S/C19H16FN5O2/c1-10(6-17(26)27)16-7-13(14(8-21)19(22)24-16)15-9-23-25-18(15)11-2-4-12(20)5-3-11/h2-5,7,9-10H,6H2,1H3,(H2,22,24)(H,23,25)(H,26,27). The maximum absolute atomic E-state index is 13.2. The minimum atomic E-state index is -0.955. The van der Waals surface area contributed by atoms with Crippen LogP contribution in [-0.4, -0.2) is 26.3 Å². The summed E-state index contributed by atoms with van der Waals surface area (Å²) in [6.45, 7) is 1.72. The van der Waals surface area contributed by atoms with Crippen molar-refractivity contribution in [1.29, 1.82) is 5.26 Å². The number of carbonyl (C=O) groups is 1. The van der Waals surface area contributed by atoms with E-state index >= 15 is 0 Å². The first kappa shape index (κ1) is 18.1. The molecule has 4 N–H and O–H groups in total. The van der Waals surface area contributed by atoms with Crippen LogP contribution in [0.3, 0.4) is 0 Å². The van der Waals surface area contributed by atoms with Crippen LogP contribution in [0.2, 0.25) is 0 Å². The summed E-state index contributed by atoms with van der Waals surface area (Å²) < 4.78 is 13.2. The number of halogens is 1. The van der Waals surface area contributed by atoms with Crippen molar-refractivity contribution < 1.29 is 14.3 Å². The number of hydrogen-bond donors (Lipinski definition) is 3. The summed E-state index contributed by atoms with van der Waals surface area (Å²) in [6.07, 6.45) is 1.42. The number of nitrogens with one attached hydrogen (secondary N) is 1. The Morgan fingerprint density at radius 1 is 1.37 bits per heavy atom. The smallest absolute Gasteiger partial charge is 0.304 e. The van der Waals surface area contributed by atoms with Gasteiger partial charge in [0.2, 0.25) is 0 Å². The number of aromatic nitrogens is 3. The molecule has 1 atom stereocenters. The maximum atomic E-state index is 13.2. The summed E-state index contributed by atoms with van der Waals surface area (Å²) in [7, 11) is 0. The fourth-order valence-electron chi connectivity index (χ4n) is 2.86. The molecule has 3 aromatic rings. The zero-order valence-corrected chi connectivity index (χ0v) is 14.4. The SMILES string of the molecule is CC(CC(=O)O)c1cc(-c2cn[nH]c2-c2ccc(F)cc2)c(C#N)c(N)n1. The highest BCUT2D eigenvalue weighted by atomic mass is 19.1. The normalized spacial score (nSPS) is 11.7. The van der Waals surface area contributed by atoms with E-state index in [2.05, 4.69) is 15.2 Å². The summed E-state index contributed by atoms with van der Waals surface area (Å²) in [5, 5.41) is 25.4. The lowest BCUT2D eigenvalue weighted by Crippen LogP contribution is -2.08. The van der Waals surface area contributed by atoms with E-state index < -0.39 is 11.9 Å². The largest absolute Gasteiger partial charge is 0.481 e. The van der Waals surface area contributed by atoms with Crippen molar-refractivity contribution in [3.8, 4) is 28.5 Å². The summed E-state index contributed by atoms with van der Waals surface area (Å²) in [6, 6.07) is 9.53. The lowest BCUT2D eigenvalue weighted by Gasteiger charge is -2.14. The van der Waals surface area contributed by atoms with Crippen molar-refractivity contribution >= 4 is 11.8 Å². The van der Waals surface area contributed by atoms with E-state index in [1.54, 1.807) is 31.3 Å². The molecule has 0 aliphatic heterocycles. The number of aliphatic carboxylic acids is 1. The van der Waals surface area contributed by atoms with Crippen LogP contribution in [0.25, 0.3) is 22.4 Å². The van der Waals surface area contributed by atoms with E-state index in [-0.39, 0.29) is 23.6 Å². The number of rotatable bonds is 5. The molecule has 0 amide bonds. The van der Waals surface area contributed by atoms with Gasteiger partial charge in [-0.15, -0.1) is 0 Å². The third-order valence-electron chi connectivity index (χ3n) is 4.23. The van der Waals surface area contributed by atoms with Crippen molar-refractivity contribution in [1.82, 2.24) is 15.2 Å². The summed E-state index contributed by atoms with van der Waals surface area (Å²) in [5.74, 6) is -1.69. The highest BCUT2D eigenvalue weighted by molar-refractivity contribution is 5.85. The van der Waals surface area contributed by atoms with Crippen LogP contribution in [0, 0.1) is 17.1 Å². The van der Waals surface area contributed by atoms with Crippen LogP contribution in [0.4, 0.5) is 10.2 Å². The van der Waals surface area contributed by atoms with E-state index in [1.807, 2.05) is 6.07 Å². The molecule has 2 aromatic heterocycles. The van der Waals surface area contributed by atoms with Crippen molar-refractivity contribution in [2.45, 2.75) is 19.3 Å². The van der Waals surface area contributed by atoms with E-state index in [0.717, 1.165) is 0 Å². The molecule has 2 heterocycles. The number of carboxylic acid groups (broad SMARTS) is 1. The molecular formula is C19H16FN5O2. The average molecular weight is 365 g/mol. The van der Waals surface area contributed by atoms with Crippen LogP contribution in [-0.2, 0) is 4.79 Å². The van der Waals surface area contributed by atoms with E-state index in [0.29, 0.717) is 28.1 Å².